The normalized spacial score (nSPS) is 28.1. The van der Waals surface area contributed by atoms with Crippen molar-refractivity contribution in [2.24, 2.45) is 0 Å². The molecule has 3 rings (SSSR count). The van der Waals surface area contributed by atoms with Gasteiger partial charge in [0.05, 0.1) is 12.0 Å². The Kier molecular flexibility index (Phi) is 4.43. The van der Waals surface area contributed by atoms with Crippen LogP contribution in [-0.2, 0) is 4.74 Å². The van der Waals surface area contributed by atoms with Gasteiger partial charge >= 0.3 is 0 Å². The molecule has 1 saturated heterocycles. The number of hydrogen-bond donors (Lipinski definition) is 4. The Morgan fingerprint density at radius 2 is 2.09 bits per heavy atom. The van der Waals surface area contributed by atoms with Gasteiger partial charge in [-0.05, 0) is 0 Å². The van der Waals surface area contributed by atoms with E-state index in [1.54, 1.807) is 0 Å². The molecule has 0 unspecified atom stereocenters. The molecular weight excluding hydrogens is 322 g/mol. The third-order valence-electron chi connectivity index (χ3n) is 3.59. The molecule has 5 N–H and O–H groups in total. The van der Waals surface area contributed by atoms with Crippen molar-refractivity contribution in [1.29, 1.82) is 0 Å². The van der Waals surface area contributed by atoms with Gasteiger partial charge in [-0.15, -0.1) is 11.8 Å². The molecule has 2 aromatic rings. The number of anilines is 1. The first-order chi connectivity index (χ1) is 10.9. The number of thioether (sulfide) groups is 1. The minimum Gasteiger partial charge on any atom is -0.394 e. The minimum absolute atomic E-state index is 0.256. The molecule has 1 aliphatic heterocycles. The van der Waals surface area contributed by atoms with Gasteiger partial charge in [-0.2, -0.15) is 5.10 Å². The Hall–Kier alpha value is -1.46. The Balaban J connectivity index is 2.10. The molecule has 10 heteroatoms. The minimum atomic E-state index is -1.23. The number of ether oxygens (including phenoxy) is 1. The number of aromatic nitrogens is 4. The SMILES string of the molecule is CC(C)Sc1nn([C@@H]2O[C@H](CO)[C@@H](O)[C@H]2O)c2ncnc(N)c12. The Morgan fingerprint density at radius 1 is 1.35 bits per heavy atom. The Morgan fingerprint density at radius 3 is 2.70 bits per heavy atom. The average Bonchev–Trinajstić information content (AvgIpc) is 2.99. The van der Waals surface area contributed by atoms with Crippen LogP contribution in [0.25, 0.3) is 11.0 Å². The first-order valence-electron chi connectivity index (χ1n) is 7.21. The maximum Gasteiger partial charge on any atom is 0.181 e. The zero-order valence-corrected chi connectivity index (χ0v) is 13.5. The number of aliphatic hydroxyl groups excluding tert-OH is 3. The van der Waals surface area contributed by atoms with E-state index in [0.717, 1.165) is 0 Å². The third-order valence-corrected chi connectivity index (χ3v) is 4.57. The quantitative estimate of drug-likeness (QED) is 0.543. The van der Waals surface area contributed by atoms with Crippen molar-refractivity contribution < 1.29 is 20.1 Å². The highest BCUT2D eigenvalue weighted by Gasteiger charge is 2.44. The monoisotopic (exact) mass is 341 g/mol. The second-order valence-electron chi connectivity index (χ2n) is 5.60. The lowest BCUT2D eigenvalue weighted by molar-refractivity contribution is -0.0571. The third kappa shape index (κ3) is 2.76. The average molecular weight is 341 g/mol. The van der Waals surface area contributed by atoms with Crippen LogP contribution in [0.3, 0.4) is 0 Å². The molecule has 0 aromatic carbocycles. The highest BCUT2D eigenvalue weighted by Crippen LogP contribution is 2.36. The summed E-state index contributed by atoms with van der Waals surface area (Å²) in [6, 6.07) is 0. The molecule has 4 atom stereocenters. The van der Waals surface area contributed by atoms with Crippen LogP contribution in [-0.4, -0.2) is 65.2 Å². The van der Waals surface area contributed by atoms with E-state index < -0.39 is 31.1 Å². The molecule has 3 heterocycles. The maximum atomic E-state index is 10.2. The molecule has 1 aliphatic rings. The molecule has 0 spiro atoms. The van der Waals surface area contributed by atoms with E-state index in [-0.39, 0.29) is 11.1 Å². The van der Waals surface area contributed by atoms with Crippen LogP contribution in [0.15, 0.2) is 11.4 Å². The molecule has 126 valence electrons. The van der Waals surface area contributed by atoms with E-state index in [9.17, 15) is 15.3 Å². The van der Waals surface area contributed by atoms with Crippen LogP contribution in [0, 0.1) is 0 Å². The highest BCUT2D eigenvalue weighted by atomic mass is 32.2. The largest absolute Gasteiger partial charge is 0.394 e. The van der Waals surface area contributed by atoms with Gasteiger partial charge in [0.1, 0.15) is 35.5 Å². The number of fused-ring (bicyclic) bond motifs is 1. The number of aliphatic hydroxyl groups is 3. The smallest absolute Gasteiger partial charge is 0.181 e. The summed E-state index contributed by atoms with van der Waals surface area (Å²) in [4.78, 5) is 8.17. The van der Waals surface area contributed by atoms with Crippen molar-refractivity contribution in [2.75, 3.05) is 12.3 Å². The summed E-state index contributed by atoms with van der Waals surface area (Å²) >= 11 is 1.49. The summed E-state index contributed by atoms with van der Waals surface area (Å²) in [5, 5.41) is 35.3. The van der Waals surface area contributed by atoms with Crippen LogP contribution in [0.4, 0.5) is 5.82 Å². The van der Waals surface area contributed by atoms with Crippen molar-refractivity contribution in [3.63, 3.8) is 0 Å². The van der Waals surface area contributed by atoms with Gasteiger partial charge < -0.3 is 25.8 Å². The van der Waals surface area contributed by atoms with Crippen LogP contribution < -0.4 is 5.73 Å². The topological polar surface area (TPSA) is 140 Å². The Labute approximate surface area is 136 Å². The molecule has 0 radical (unpaired) electrons. The second-order valence-corrected chi connectivity index (χ2v) is 7.17. The lowest BCUT2D eigenvalue weighted by atomic mass is 10.1. The van der Waals surface area contributed by atoms with E-state index in [1.165, 1.54) is 22.8 Å². The zero-order valence-electron chi connectivity index (χ0n) is 12.7. The van der Waals surface area contributed by atoms with Crippen LogP contribution >= 0.6 is 11.8 Å². The van der Waals surface area contributed by atoms with Crippen LogP contribution in [0.2, 0.25) is 0 Å². The fourth-order valence-electron chi connectivity index (χ4n) is 2.53. The fraction of sp³-hybridized carbons (Fsp3) is 0.615. The molecule has 23 heavy (non-hydrogen) atoms. The molecule has 2 aromatic heterocycles. The fourth-order valence-corrected chi connectivity index (χ4v) is 3.42. The first kappa shape index (κ1) is 16.4. The van der Waals surface area contributed by atoms with Gasteiger partial charge in [-0.1, -0.05) is 13.8 Å². The summed E-state index contributed by atoms with van der Waals surface area (Å²) in [5.41, 5.74) is 6.36. The van der Waals surface area contributed by atoms with E-state index in [1.807, 2.05) is 13.8 Å². The predicted octanol–water partition coefficient (Wildman–Crippen LogP) is -0.480. The van der Waals surface area contributed by atoms with Crippen molar-refractivity contribution in [3.8, 4) is 0 Å². The van der Waals surface area contributed by atoms with Gasteiger partial charge in [-0.25, -0.2) is 14.6 Å². The molecular formula is C13H19N5O4S. The van der Waals surface area contributed by atoms with Gasteiger partial charge in [0, 0.05) is 5.25 Å². The van der Waals surface area contributed by atoms with E-state index >= 15 is 0 Å². The molecule has 9 nitrogen and oxygen atoms in total. The van der Waals surface area contributed by atoms with E-state index in [2.05, 4.69) is 15.1 Å². The molecule has 1 fully saturated rings. The van der Waals surface area contributed by atoms with Gasteiger partial charge in [0.25, 0.3) is 0 Å². The van der Waals surface area contributed by atoms with Gasteiger partial charge in [-0.3, -0.25) is 0 Å². The van der Waals surface area contributed by atoms with E-state index in [4.69, 9.17) is 10.5 Å². The highest BCUT2D eigenvalue weighted by molar-refractivity contribution is 8.00. The number of rotatable bonds is 4. The summed E-state index contributed by atoms with van der Waals surface area (Å²) < 4.78 is 6.92. The van der Waals surface area contributed by atoms with Crippen molar-refractivity contribution in [2.45, 2.75) is 48.7 Å². The number of nitrogens with zero attached hydrogens (tertiary/aromatic N) is 4. The Bertz CT molecular complexity index is 709. The van der Waals surface area contributed by atoms with Gasteiger partial charge in [0.15, 0.2) is 11.9 Å². The molecule has 0 bridgehead atoms. The van der Waals surface area contributed by atoms with Crippen molar-refractivity contribution >= 4 is 28.6 Å². The summed E-state index contributed by atoms with van der Waals surface area (Å²) in [5.74, 6) is 0.288. The molecule has 0 saturated carbocycles. The lowest BCUT2D eigenvalue weighted by Crippen LogP contribution is -2.33. The van der Waals surface area contributed by atoms with Crippen LogP contribution in [0.5, 0.6) is 0 Å². The van der Waals surface area contributed by atoms with Gasteiger partial charge in [0.2, 0.25) is 0 Å². The lowest BCUT2D eigenvalue weighted by Gasteiger charge is -2.15. The van der Waals surface area contributed by atoms with Crippen molar-refractivity contribution in [3.05, 3.63) is 6.33 Å². The zero-order chi connectivity index (χ0) is 16.7. The number of nitrogen functional groups attached to an aromatic ring is 1. The molecule has 0 aliphatic carbocycles. The predicted molar refractivity (Wildman–Crippen MR) is 83.7 cm³/mol. The summed E-state index contributed by atoms with van der Waals surface area (Å²) in [6.07, 6.45) is -2.97. The van der Waals surface area contributed by atoms with Crippen molar-refractivity contribution in [1.82, 2.24) is 19.7 Å². The number of nitrogens with two attached hydrogens (primary N) is 1. The maximum absolute atomic E-state index is 10.2. The number of hydrogen-bond acceptors (Lipinski definition) is 9. The first-order valence-corrected chi connectivity index (χ1v) is 8.09. The summed E-state index contributed by atoms with van der Waals surface area (Å²) in [6.45, 7) is 3.63. The summed E-state index contributed by atoms with van der Waals surface area (Å²) in [7, 11) is 0. The second kappa shape index (κ2) is 6.21. The van der Waals surface area contributed by atoms with Crippen LogP contribution in [0.1, 0.15) is 20.1 Å². The van der Waals surface area contributed by atoms with E-state index in [0.29, 0.717) is 16.1 Å². The molecule has 0 amide bonds. The standard InChI is InChI=1S/C13H19N5O4S/c1-5(2)23-12-7-10(14)15-4-16-11(7)18(17-12)13-9(21)8(20)6(3-19)22-13/h4-6,8-9,13,19-21H,3H2,1-2H3,(H2,14,15,16)/t6-,8-,9-,13-/m1/s1.